The number of ketones is 1. The number of anilines is 1. The van der Waals surface area contributed by atoms with E-state index in [1.165, 1.54) is 0 Å². The molecule has 1 N–H and O–H groups in total. The van der Waals surface area contributed by atoms with E-state index in [9.17, 15) is 4.79 Å². The van der Waals surface area contributed by atoms with Crippen LogP contribution in [0.4, 0.5) is 5.69 Å². The molecule has 2 aromatic rings. The summed E-state index contributed by atoms with van der Waals surface area (Å²) in [6.45, 7) is 3.93. The summed E-state index contributed by atoms with van der Waals surface area (Å²) in [6.07, 6.45) is 3.23. The Morgan fingerprint density at radius 1 is 1.10 bits per heavy atom. The summed E-state index contributed by atoms with van der Waals surface area (Å²) in [5.74, 6) is 0.0100. The quantitative estimate of drug-likeness (QED) is 0.640. The zero-order valence-corrected chi connectivity index (χ0v) is 13.1. The molecule has 0 saturated carbocycles. The molecule has 0 spiro atoms. The second kappa shape index (κ2) is 6.53. The minimum absolute atomic E-state index is 0.0100. The number of rotatable bonds is 4. The van der Waals surface area contributed by atoms with Crippen LogP contribution in [0.1, 0.15) is 21.5 Å². The Morgan fingerprint density at radius 3 is 2.50 bits per heavy atom. The van der Waals surface area contributed by atoms with Gasteiger partial charge in [0.05, 0.1) is 0 Å². The molecule has 3 heteroatoms. The Labute approximate surface area is 127 Å². The fourth-order valence-corrected chi connectivity index (χ4v) is 2.12. The molecule has 2 nitrogen and oxygen atoms in total. The Kier molecular flexibility index (Phi) is 4.74. The molecule has 0 amide bonds. The number of hydrogen-bond donors (Lipinski definition) is 1. The van der Waals surface area contributed by atoms with Gasteiger partial charge in [0, 0.05) is 28.0 Å². The molecule has 0 aromatic heterocycles. The van der Waals surface area contributed by atoms with Crippen LogP contribution in [0.5, 0.6) is 0 Å². The number of benzene rings is 2. The third kappa shape index (κ3) is 3.81. The van der Waals surface area contributed by atoms with Crippen molar-refractivity contribution in [2.24, 2.45) is 0 Å². The average molecular weight is 330 g/mol. The van der Waals surface area contributed by atoms with Gasteiger partial charge in [-0.1, -0.05) is 33.6 Å². The molecule has 0 saturated heterocycles. The largest absolute Gasteiger partial charge is 0.362 e. The maximum Gasteiger partial charge on any atom is 0.187 e. The van der Waals surface area contributed by atoms with Crippen LogP contribution in [0.15, 0.2) is 59.2 Å². The zero-order valence-electron chi connectivity index (χ0n) is 11.5. The van der Waals surface area contributed by atoms with Crippen molar-refractivity contribution in [1.82, 2.24) is 0 Å². The summed E-state index contributed by atoms with van der Waals surface area (Å²) in [6, 6.07) is 13.7. The number of nitrogens with one attached hydrogen (secondary N) is 1. The van der Waals surface area contributed by atoms with Gasteiger partial charge in [-0.2, -0.15) is 0 Å². The Morgan fingerprint density at radius 2 is 1.80 bits per heavy atom. The van der Waals surface area contributed by atoms with Crippen molar-refractivity contribution in [2.45, 2.75) is 13.8 Å². The minimum Gasteiger partial charge on any atom is -0.362 e. The Hall–Kier alpha value is -1.87. The van der Waals surface area contributed by atoms with Crippen LogP contribution in [0.2, 0.25) is 0 Å². The van der Waals surface area contributed by atoms with E-state index in [2.05, 4.69) is 21.2 Å². The molecule has 0 radical (unpaired) electrons. The molecule has 2 aromatic carbocycles. The predicted octanol–water partition coefficient (Wildman–Crippen LogP) is 4.87. The van der Waals surface area contributed by atoms with Crippen LogP contribution < -0.4 is 5.32 Å². The van der Waals surface area contributed by atoms with Gasteiger partial charge in [-0.25, -0.2) is 0 Å². The van der Waals surface area contributed by atoms with Gasteiger partial charge >= 0.3 is 0 Å². The first-order chi connectivity index (χ1) is 9.56. The Balaban J connectivity index is 2.05. The molecule has 0 aliphatic rings. The fourth-order valence-electron chi connectivity index (χ4n) is 1.85. The molecule has 20 heavy (non-hydrogen) atoms. The van der Waals surface area contributed by atoms with Gasteiger partial charge in [0.1, 0.15) is 0 Å². The third-order valence-corrected chi connectivity index (χ3v) is 3.52. The van der Waals surface area contributed by atoms with Crippen molar-refractivity contribution in [1.29, 1.82) is 0 Å². The van der Waals surface area contributed by atoms with E-state index in [4.69, 9.17) is 0 Å². The monoisotopic (exact) mass is 329 g/mol. The summed E-state index contributed by atoms with van der Waals surface area (Å²) < 4.78 is 1.03. The van der Waals surface area contributed by atoms with E-state index in [0.29, 0.717) is 0 Å². The topological polar surface area (TPSA) is 29.1 Å². The van der Waals surface area contributed by atoms with Crippen LogP contribution in [0.25, 0.3) is 0 Å². The number of carbonyl (C=O) groups is 1. The van der Waals surface area contributed by atoms with Crippen molar-refractivity contribution in [3.05, 3.63) is 75.9 Å². The second-order valence-corrected chi connectivity index (χ2v) is 5.58. The van der Waals surface area contributed by atoms with Gasteiger partial charge in [0.2, 0.25) is 0 Å². The molecular formula is C17H16BrNO. The van der Waals surface area contributed by atoms with Crippen LogP contribution in [-0.4, -0.2) is 5.78 Å². The maximum absolute atomic E-state index is 12.1. The summed E-state index contributed by atoms with van der Waals surface area (Å²) in [7, 11) is 0. The van der Waals surface area contributed by atoms with Gasteiger partial charge in [-0.3, -0.25) is 4.79 Å². The van der Waals surface area contributed by atoms with E-state index < -0.39 is 0 Å². The molecule has 0 fully saturated rings. The Bertz CT molecular complexity index is 645. The van der Waals surface area contributed by atoms with E-state index in [-0.39, 0.29) is 5.78 Å². The highest BCUT2D eigenvalue weighted by Gasteiger charge is 2.05. The summed E-state index contributed by atoms with van der Waals surface area (Å²) in [4.78, 5) is 12.1. The van der Waals surface area contributed by atoms with E-state index >= 15 is 0 Å². The SMILES string of the molecule is Cc1ccc(C)c(C(=O)C=CNc2ccc(Br)cc2)c1. The lowest BCUT2D eigenvalue weighted by Crippen LogP contribution is -1.99. The van der Waals surface area contributed by atoms with Gasteiger partial charge < -0.3 is 5.32 Å². The third-order valence-electron chi connectivity index (χ3n) is 2.99. The predicted molar refractivity (Wildman–Crippen MR) is 87.2 cm³/mol. The maximum atomic E-state index is 12.1. The number of allylic oxidation sites excluding steroid dienone is 1. The first-order valence-corrected chi connectivity index (χ1v) is 7.16. The number of halogens is 1. The first kappa shape index (κ1) is 14.5. The highest BCUT2D eigenvalue weighted by molar-refractivity contribution is 9.10. The van der Waals surface area contributed by atoms with Crippen molar-refractivity contribution >= 4 is 27.4 Å². The van der Waals surface area contributed by atoms with Gasteiger partial charge in [0.15, 0.2) is 5.78 Å². The molecule has 0 bridgehead atoms. The van der Waals surface area contributed by atoms with Crippen LogP contribution in [0, 0.1) is 13.8 Å². The molecule has 0 atom stereocenters. The number of carbonyl (C=O) groups excluding carboxylic acids is 1. The molecule has 0 heterocycles. The standard InChI is InChI=1S/C17H16BrNO/c1-12-3-4-13(2)16(11-12)17(20)9-10-19-15-7-5-14(18)6-8-15/h3-11,19H,1-2H3. The lowest BCUT2D eigenvalue weighted by Gasteiger charge is -2.04. The zero-order chi connectivity index (χ0) is 14.5. The second-order valence-electron chi connectivity index (χ2n) is 4.67. The average Bonchev–Trinajstić information content (AvgIpc) is 2.43. The molecule has 0 unspecified atom stereocenters. The summed E-state index contributed by atoms with van der Waals surface area (Å²) in [5, 5.41) is 3.08. The van der Waals surface area contributed by atoms with Crippen molar-refractivity contribution in [3.8, 4) is 0 Å². The lowest BCUT2D eigenvalue weighted by atomic mass is 10.0. The van der Waals surface area contributed by atoms with Gasteiger partial charge in [-0.05, 0) is 49.7 Å². The van der Waals surface area contributed by atoms with Crippen LogP contribution >= 0.6 is 15.9 Å². The summed E-state index contributed by atoms with van der Waals surface area (Å²) >= 11 is 3.38. The highest BCUT2D eigenvalue weighted by Crippen LogP contribution is 2.15. The van der Waals surface area contributed by atoms with E-state index in [0.717, 1.165) is 26.9 Å². The number of aryl methyl sites for hydroxylation is 2. The molecular weight excluding hydrogens is 314 g/mol. The molecule has 2 rings (SSSR count). The van der Waals surface area contributed by atoms with Crippen LogP contribution in [-0.2, 0) is 0 Å². The fraction of sp³-hybridized carbons (Fsp3) is 0.118. The minimum atomic E-state index is 0.0100. The molecule has 0 aliphatic carbocycles. The number of hydrogen-bond acceptors (Lipinski definition) is 2. The first-order valence-electron chi connectivity index (χ1n) is 6.36. The van der Waals surface area contributed by atoms with Crippen molar-refractivity contribution < 1.29 is 4.79 Å². The van der Waals surface area contributed by atoms with Crippen molar-refractivity contribution in [3.63, 3.8) is 0 Å². The van der Waals surface area contributed by atoms with Gasteiger partial charge in [-0.15, -0.1) is 0 Å². The van der Waals surface area contributed by atoms with E-state index in [1.54, 1.807) is 12.3 Å². The van der Waals surface area contributed by atoms with Crippen LogP contribution in [0.3, 0.4) is 0 Å². The normalized spacial score (nSPS) is 10.8. The summed E-state index contributed by atoms with van der Waals surface area (Å²) in [5.41, 5.74) is 3.78. The highest BCUT2D eigenvalue weighted by atomic mass is 79.9. The molecule has 102 valence electrons. The van der Waals surface area contributed by atoms with Crippen molar-refractivity contribution in [2.75, 3.05) is 5.32 Å². The smallest absolute Gasteiger partial charge is 0.187 e. The van der Waals surface area contributed by atoms with Gasteiger partial charge in [0.25, 0.3) is 0 Å². The van der Waals surface area contributed by atoms with E-state index in [1.807, 2.05) is 56.3 Å². The lowest BCUT2D eigenvalue weighted by molar-refractivity contribution is 0.104. The molecule has 0 aliphatic heterocycles.